The number of nitrogens with one attached hydrogen (secondary N) is 3. The Kier molecular flexibility index (Phi) is 11.9. The first-order valence-electron chi connectivity index (χ1n) is 10.0. The van der Waals surface area contributed by atoms with Crippen LogP contribution in [0.15, 0.2) is 29.3 Å². The van der Waals surface area contributed by atoms with Gasteiger partial charge in [-0.1, -0.05) is 32.4 Å². The lowest BCUT2D eigenvalue weighted by Crippen LogP contribution is -2.37. The van der Waals surface area contributed by atoms with Crippen LogP contribution in [-0.4, -0.2) is 44.7 Å². The Morgan fingerprint density at radius 2 is 1.96 bits per heavy atom. The van der Waals surface area contributed by atoms with Crippen molar-refractivity contribution in [2.24, 2.45) is 4.99 Å². The smallest absolute Gasteiger partial charge is 0.251 e. The molecule has 0 saturated carbocycles. The quantitative estimate of drug-likeness (QED) is 0.298. The fraction of sp³-hybridized carbons (Fsp3) is 0.619. The number of nitrogens with zero attached hydrogens (tertiary/aromatic N) is 1. The van der Waals surface area contributed by atoms with Crippen LogP contribution in [0.25, 0.3) is 0 Å². The molecule has 0 radical (unpaired) electrons. The Bertz CT molecular complexity index is 575. The number of hydrogen-bond acceptors (Lipinski definition) is 3. The first-order chi connectivity index (χ1) is 13.1. The molecular weight excluding hydrogens is 340 g/mol. The number of carbonyl (C=O) groups is 1. The maximum atomic E-state index is 12.2. The first-order valence-corrected chi connectivity index (χ1v) is 10.0. The highest BCUT2D eigenvalue weighted by molar-refractivity contribution is 5.94. The number of carbonyl (C=O) groups excluding carboxylic acids is 1. The van der Waals surface area contributed by atoms with Gasteiger partial charge in [0.05, 0.1) is 0 Å². The molecule has 0 aliphatic rings. The average Bonchev–Trinajstić information content (AvgIpc) is 2.69. The molecule has 0 aromatic heterocycles. The van der Waals surface area contributed by atoms with Crippen LogP contribution in [0.1, 0.15) is 62.4 Å². The third-order valence-electron chi connectivity index (χ3n) is 4.26. The molecule has 0 spiro atoms. The summed E-state index contributed by atoms with van der Waals surface area (Å²) < 4.78 is 5.55. The van der Waals surface area contributed by atoms with E-state index in [0.29, 0.717) is 12.1 Å². The van der Waals surface area contributed by atoms with Crippen LogP contribution < -0.4 is 16.0 Å². The summed E-state index contributed by atoms with van der Waals surface area (Å²) in [5.41, 5.74) is 1.72. The van der Waals surface area contributed by atoms with E-state index in [1.807, 2.05) is 31.2 Å². The highest BCUT2D eigenvalue weighted by Crippen LogP contribution is 2.06. The van der Waals surface area contributed by atoms with Gasteiger partial charge < -0.3 is 20.7 Å². The van der Waals surface area contributed by atoms with E-state index in [0.717, 1.165) is 57.0 Å². The first kappa shape index (κ1) is 23.0. The highest BCUT2D eigenvalue weighted by Gasteiger charge is 2.09. The minimum Gasteiger partial charge on any atom is -0.381 e. The Morgan fingerprint density at radius 3 is 2.67 bits per heavy atom. The van der Waals surface area contributed by atoms with E-state index in [-0.39, 0.29) is 11.9 Å². The molecule has 0 aliphatic carbocycles. The average molecular weight is 377 g/mol. The maximum Gasteiger partial charge on any atom is 0.251 e. The van der Waals surface area contributed by atoms with Crippen LogP contribution in [-0.2, 0) is 11.3 Å². The molecule has 6 heteroatoms. The lowest BCUT2D eigenvalue weighted by Gasteiger charge is -2.14. The number of benzene rings is 1. The summed E-state index contributed by atoms with van der Waals surface area (Å²) in [5, 5.41) is 9.56. The molecule has 3 N–H and O–H groups in total. The van der Waals surface area contributed by atoms with Crippen LogP contribution in [0.4, 0.5) is 0 Å². The molecule has 0 aliphatic heterocycles. The van der Waals surface area contributed by atoms with Crippen molar-refractivity contribution in [1.82, 2.24) is 16.0 Å². The zero-order valence-electron chi connectivity index (χ0n) is 17.3. The van der Waals surface area contributed by atoms with E-state index in [1.165, 1.54) is 0 Å². The molecule has 1 amide bonds. The summed E-state index contributed by atoms with van der Waals surface area (Å²) >= 11 is 0. The number of guanidine groups is 1. The predicted octanol–water partition coefficient (Wildman–Crippen LogP) is 3.09. The second-order valence-electron chi connectivity index (χ2n) is 6.66. The number of hydrogen-bond donors (Lipinski definition) is 3. The summed E-state index contributed by atoms with van der Waals surface area (Å²) in [6.45, 7) is 9.24. The number of amides is 1. The summed E-state index contributed by atoms with van der Waals surface area (Å²) in [7, 11) is 1.75. The molecule has 1 aromatic rings. The Labute approximate surface area is 164 Å². The lowest BCUT2D eigenvalue weighted by atomic mass is 10.1. The topological polar surface area (TPSA) is 74.8 Å². The third-order valence-corrected chi connectivity index (χ3v) is 4.26. The van der Waals surface area contributed by atoms with Gasteiger partial charge in [0, 0.05) is 45.0 Å². The van der Waals surface area contributed by atoms with E-state index in [2.05, 4.69) is 34.8 Å². The van der Waals surface area contributed by atoms with Gasteiger partial charge in [0.25, 0.3) is 5.91 Å². The minimum absolute atomic E-state index is 0.0308. The van der Waals surface area contributed by atoms with E-state index in [9.17, 15) is 4.79 Å². The molecule has 0 saturated heterocycles. The van der Waals surface area contributed by atoms with Crippen LogP contribution in [0.5, 0.6) is 0 Å². The lowest BCUT2D eigenvalue weighted by molar-refractivity contribution is 0.0939. The van der Waals surface area contributed by atoms with Gasteiger partial charge in [0.15, 0.2) is 5.96 Å². The van der Waals surface area contributed by atoms with Crippen LogP contribution in [0.2, 0.25) is 0 Å². The molecule has 0 fully saturated rings. The van der Waals surface area contributed by atoms with E-state index >= 15 is 0 Å². The number of ether oxygens (including phenoxy) is 1. The molecule has 1 aromatic carbocycles. The molecular formula is C21H36N4O2. The Balaban J connectivity index is 2.38. The summed E-state index contributed by atoms with van der Waals surface area (Å²) in [4.78, 5) is 16.5. The molecule has 0 bridgehead atoms. The van der Waals surface area contributed by atoms with Crippen molar-refractivity contribution >= 4 is 11.9 Å². The second-order valence-corrected chi connectivity index (χ2v) is 6.66. The van der Waals surface area contributed by atoms with E-state index in [4.69, 9.17) is 4.74 Å². The number of rotatable bonds is 12. The van der Waals surface area contributed by atoms with Crippen LogP contribution >= 0.6 is 0 Å². The molecule has 152 valence electrons. The summed E-state index contributed by atoms with van der Waals surface area (Å²) in [6, 6.07) is 7.84. The van der Waals surface area contributed by atoms with Crippen LogP contribution in [0.3, 0.4) is 0 Å². The maximum absolute atomic E-state index is 12.2. The molecule has 1 atom stereocenters. The largest absolute Gasteiger partial charge is 0.381 e. The predicted molar refractivity (Wildman–Crippen MR) is 112 cm³/mol. The number of aliphatic imine (C=N–C) groups is 1. The van der Waals surface area contributed by atoms with Gasteiger partial charge in [-0.05, 0) is 43.9 Å². The molecule has 6 nitrogen and oxygen atoms in total. The molecule has 1 rings (SSSR count). The van der Waals surface area contributed by atoms with Crippen molar-refractivity contribution in [2.45, 2.75) is 59.0 Å². The fourth-order valence-electron chi connectivity index (χ4n) is 2.37. The zero-order chi connectivity index (χ0) is 19.9. The van der Waals surface area contributed by atoms with Crippen molar-refractivity contribution in [2.75, 3.05) is 26.8 Å². The van der Waals surface area contributed by atoms with Crippen molar-refractivity contribution in [3.05, 3.63) is 35.4 Å². The number of unbranched alkanes of at least 4 members (excludes halogenated alkanes) is 1. The van der Waals surface area contributed by atoms with Crippen molar-refractivity contribution in [1.29, 1.82) is 0 Å². The van der Waals surface area contributed by atoms with Gasteiger partial charge in [-0.2, -0.15) is 0 Å². The Hall–Kier alpha value is -2.08. The van der Waals surface area contributed by atoms with Gasteiger partial charge in [-0.3, -0.25) is 9.79 Å². The normalized spacial score (nSPS) is 12.5. The molecule has 1 unspecified atom stereocenters. The Morgan fingerprint density at radius 1 is 1.19 bits per heavy atom. The molecule has 27 heavy (non-hydrogen) atoms. The summed E-state index contributed by atoms with van der Waals surface area (Å²) in [5.74, 6) is 0.717. The third kappa shape index (κ3) is 9.99. The van der Waals surface area contributed by atoms with Gasteiger partial charge in [0.1, 0.15) is 0 Å². The highest BCUT2D eigenvalue weighted by atomic mass is 16.5. The molecule has 0 heterocycles. The van der Waals surface area contributed by atoms with E-state index < -0.39 is 0 Å². The van der Waals surface area contributed by atoms with Gasteiger partial charge in [-0.15, -0.1) is 0 Å². The van der Waals surface area contributed by atoms with Gasteiger partial charge in [-0.25, -0.2) is 0 Å². The minimum atomic E-state index is -0.0308. The van der Waals surface area contributed by atoms with Crippen molar-refractivity contribution in [3.63, 3.8) is 0 Å². The van der Waals surface area contributed by atoms with Crippen LogP contribution in [0, 0.1) is 0 Å². The van der Waals surface area contributed by atoms with Gasteiger partial charge in [0.2, 0.25) is 0 Å². The fourth-order valence-corrected chi connectivity index (χ4v) is 2.37. The SMILES string of the molecule is CCCCOCCCNC(=NC)NCc1cccc(C(=O)NC(C)CC)c1. The second kappa shape index (κ2) is 14.0. The zero-order valence-corrected chi connectivity index (χ0v) is 17.3. The monoisotopic (exact) mass is 376 g/mol. The van der Waals surface area contributed by atoms with Crippen molar-refractivity contribution in [3.8, 4) is 0 Å². The summed E-state index contributed by atoms with van der Waals surface area (Å²) in [6.07, 6.45) is 4.13. The van der Waals surface area contributed by atoms with E-state index in [1.54, 1.807) is 7.05 Å². The standard InChI is InChI=1S/C21H36N4O2/c1-5-7-13-27-14-9-12-23-21(22-4)24-16-18-10-8-11-19(15-18)20(26)25-17(3)6-2/h8,10-11,15,17H,5-7,9,12-14,16H2,1-4H3,(H,25,26)(H2,22,23,24). The van der Waals surface area contributed by atoms with Gasteiger partial charge >= 0.3 is 0 Å². The van der Waals surface area contributed by atoms with Crippen molar-refractivity contribution < 1.29 is 9.53 Å².